The van der Waals surface area contributed by atoms with E-state index in [9.17, 15) is 14.9 Å². The van der Waals surface area contributed by atoms with E-state index in [0.29, 0.717) is 16.6 Å². The highest BCUT2D eigenvalue weighted by molar-refractivity contribution is 9.10. The van der Waals surface area contributed by atoms with E-state index in [1.165, 1.54) is 18.2 Å². The molecular weight excluding hydrogens is 294 g/mol. The first-order chi connectivity index (χ1) is 8.00. The average molecular weight is 304 g/mol. The van der Waals surface area contributed by atoms with E-state index in [0.717, 1.165) is 0 Å². The minimum Gasteiger partial charge on any atom is -0.492 e. The van der Waals surface area contributed by atoms with E-state index >= 15 is 0 Å². The highest BCUT2D eigenvalue weighted by Crippen LogP contribution is 2.29. The molecule has 0 aromatic heterocycles. The molecule has 0 amide bonds. The Morgan fingerprint density at radius 2 is 2.24 bits per heavy atom. The third kappa shape index (κ3) is 4.39. The SMILES string of the molecule is O=C(O)CCCOc1cc([N+](=O)[O-])ccc1Br. The zero-order valence-corrected chi connectivity index (χ0v) is 10.3. The van der Waals surface area contributed by atoms with E-state index in [1.807, 2.05) is 0 Å². The molecule has 0 bridgehead atoms. The molecule has 6 nitrogen and oxygen atoms in total. The first kappa shape index (κ1) is 13.4. The Balaban J connectivity index is 2.60. The number of carbonyl (C=O) groups is 1. The van der Waals surface area contributed by atoms with Crippen LogP contribution < -0.4 is 4.74 Å². The van der Waals surface area contributed by atoms with Gasteiger partial charge in [-0.15, -0.1) is 0 Å². The molecule has 17 heavy (non-hydrogen) atoms. The normalized spacial score (nSPS) is 9.94. The van der Waals surface area contributed by atoms with Gasteiger partial charge in [0.05, 0.1) is 22.1 Å². The molecule has 1 rings (SSSR count). The summed E-state index contributed by atoms with van der Waals surface area (Å²) < 4.78 is 5.86. The molecule has 0 aliphatic heterocycles. The highest BCUT2D eigenvalue weighted by Gasteiger charge is 2.10. The van der Waals surface area contributed by atoms with Crippen molar-refractivity contribution >= 4 is 27.6 Å². The summed E-state index contributed by atoms with van der Waals surface area (Å²) in [5.74, 6) is -0.559. The molecule has 0 atom stereocenters. The fourth-order valence-corrected chi connectivity index (χ4v) is 1.48. The summed E-state index contributed by atoms with van der Waals surface area (Å²) in [6, 6.07) is 4.17. The lowest BCUT2D eigenvalue weighted by Crippen LogP contribution is -2.02. The maximum absolute atomic E-state index is 10.5. The van der Waals surface area contributed by atoms with E-state index < -0.39 is 10.9 Å². The number of aliphatic carboxylic acids is 1. The molecule has 0 heterocycles. The molecule has 7 heteroatoms. The Bertz CT molecular complexity index is 435. The fraction of sp³-hybridized carbons (Fsp3) is 0.300. The van der Waals surface area contributed by atoms with Crippen LogP contribution in [-0.2, 0) is 4.79 Å². The van der Waals surface area contributed by atoms with Crippen molar-refractivity contribution in [2.75, 3.05) is 6.61 Å². The second-order valence-electron chi connectivity index (χ2n) is 3.22. The summed E-state index contributed by atoms with van der Waals surface area (Å²) in [5.41, 5.74) is -0.0681. The van der Waals surface area contributed by atoms with E-state index in [4.69, 9.17) is 9.84 Å². The second kappa shape index (κ2) is 6.19. The lowest BCUT2D eigenvalue weighted by Gasteiger charge is -2.06. The zero-order chi connectivity index (χ0) is 12.8. The molecule has 92 valence electrons. The number of halogens is 1. The number of nitro groups is 1. The summed E-state index contributed by atoms with van der Waals surface area (Å²) in [6.45, 7) is 0.200. The van der Waals surface area contributed by atoms with Gasteiger partial charge in [-0.05, 0) is 28.4 Å². The standard InChI is InChI=1S/C10H10BrNO5/c11-8-4-3-7(12(15)16)6-9(8)17-5-1-2-10(13)14/h3-4,6H,1-2,5H2,(H,13,14). The number of nitrogens with zero attached hydrogens (tertiary/aromatic N) is 1. The molecule has 0 fully saturated rings. The lowest BCUT2D eigenvalue weighted by atomic mass is 10.3. The predicted octanol–water partition coefficient (Wildman–Crippen LogP) is 2.60. The molecule has 0 saturated carbocycles. The smallest absolute Gasteiger partial charge is 0.303 e. The van der Waals surface area contributed by atoms with E-state index in [-0.39, 0.29) is 18.7 Å². The number of non-ortho nitro benzene ring substituents is 1. The van der Waals surface area contributed by atoms with Crippen molar-refractivity contribution in [3.05, 3.63) is 32.8 Å². The van der Waals surface area contributed by atoms with Gasteiger partial charge >= 0.3 is 5.97 Å². The summed E-state index contributed by atoms with van der Waals surface area (Å²) >= 11 is 3.20. The molecule has 0 radical (unpaired) electrons. The van der Waals surface area contributed by atoms with Crippen LogP contribution in [0.1, 0.15) is 12.8 Å². The first-order valence-corrected chi connectivity index (χ1v) is 5.58. The molecule has 0 spiro atoms. The molecule has 0 aliphatic carbocycles. The number of benzene rings is 1. The topological polar surface area (TPSA) is 89.7 Å². The lowest BCUT2D eigenvalue weighted by molar-refractivity contribution is -0.385. The number of hydrogen-bond acceptors (Lipinski definition) is 4. The summed E-state index contributed by atoms with van der Waals surface area (Å²) in [5, 5.41) is 19.0. The molecule has 1 aromatic carbocycles. The van der Waals surface area contributed by atoms with Crippen molar-refractivity contribution in [2.45, 2.75) is 12.8 Å². The molecule has 0 aliphatic rings. The third-order valence-electron chi connectivity index (χ3n) is 1.92. The Kier molecular flexibility index (Phi) is 4.89. The van der Waals surface area contributed by atoms with Gasteiger partial charge in [-0.3, -0.25) is 14.9 Å². The molecule has 0 unspecified atom stereocenters. The monoisotopic (exact) mass is 303 g/mol. The minimum absolute atomic E-state index is 0.00649. The predicted molar refractivity (Wildman–Crippen MR) is 63.2 cm³/mol. The number of nitro benzene ring substituents is 1. The summed E-state index contributed by atoms with van der Waals surface area (Å²) in [7, 11) is 0. The number of hydrogen-bond donors (Lipinski definition) is 1. The Morgan fingerprint density at radius 1 is 1.53 bits per heavy atom. The van der Waals surface area contributed by atoms with Crippen LogP contribution in [0.25, 0.3) is 0 Å². The number of rotatable bonds is 6. The summed E-state index contributed by atoms with van der Waals surface area (Å²) in [4.78, 5) is 20.3. The van der Waals surface area contributed by atoms with Crippen LogP contribution in [0.4, 0.5) is 5.69 Å². The fourth-order valence-electron chi connectivity index (χ4n) is 1.12. The van der Waals surface area contributed by atoms with Crippen LogP contribution in [0.2, 0.25) is 0 Å². The van der Waals surface area contributed by atoms with Gasteiger partial charge in [-0.2, -0.15) is 0 Å². The van der Waals surface area contributed by atoms with Gasteiger partial charge in [-0.1, -0.05) is 0 Å². The molecule has 1 aromatic rings. The number of ether oxygens (including phenoxy) is 1. The van der Waals surface area contributed by atoms with Crippen LogP contribution >= 0.6 is 15.9 Å². The van der Waals surface area contributed by atoms with Crippen LogP contribution in [0, 0.1) is 10.1 Å². The van der Waals surface area contributed by atoms with Gasteiger partial charge in [0.15, 0.2) is 0 Å². The van der Waals surface area contributed by atoms with Gasteiger partial charge in [0.2, 0.25) is 0 Å². The maximum atomic E-state index is 10.5. The average Bonchev–Trinajstić information content (AvgIpc) is 2.25. The van der Waals surface area contributed by atoms with Crippen molar-refractivity contribution in [3.63, 3.8) is 0 Å². The Morgan fingerprint density at radius 3 is 2.82 bits per heavy atom. The number of carboxylic acid groups (broad SMARTS) is 1. The van der Waals surface area contributed by atoms with Crippen molar-refractivity contribution in [3.8, 4) is 5.75 Å². The molecular formula is C10H10BrNO5. The minimum atomic E-state index is -0.897. The van der Waals surface area contributed by atoms with E-state index in [2.05, 4.69) is 15.9 Å². The van der Waals surface area contributed by atoms with Gasteiger partial charge in [0.1, 0.15) is 5.75 Å². The maximum Gasteiger partial charge on any atom is 0.303 e. The first-order valence-electron chi connectivity index (χ1n) is 4.79. The van der Waals surface area contributed by atoms with E-state index in [1.54, 1.807) is 0 Å². The Hall–Kier alpha value is -1.63. The quantitative estimate of drug-likeness (QED) is 0.495. The molecule has 0 saturated heterocycles. The van der Waals surface area contributed by atoms with Crippen LogP contribution in [0.3, 0.4) is 0 Å². The second-order valence-corrected chi connectivity index (χ2v) is 4.07. The van der Waals surface area contributed by atoms with Crippen LogP contribution in [0.15, 0.2) is 22.7 Å². The van der Waals surface area contributed by atoms with Crippen LogP contribution in [-0.4, -0.2) is 22.6 Å². The van der Waals surface area contributed by atoms with Gasteiger partial charge in [0.25, 0.3) is 5.69 Å². The summed E-state index contributed by atoms with van der Waals surface area (Å²) in [6.07, 6.45) is 0.358. The van der Waals surface area contributed by atoms with Crippen molar-refractivity contribution < 1.29 is 19.6 Å². The Labute approximate surface area is 105 Å². The number of carboxylic acids is 1. The third-order valence-corrected chi connectivity index (χ3v) is 2.57. The van der Waals surface area contributed by atoms with Gasteiger partial charge in [-0.25, -0.2) is 0 Å². The zero-order valence-electron chi connectivity index (χ0n) is 8.76. The molecule has 1 N–H and O–H groups in total. The van der Waals surface area contributed by atoms with Crippen LogP contribution in [0.5, 0.6) is 5.75 Å². The van der Waals surface area contributed by atoms with Crippen molar-refractivity contribution in [2.24, 2.45) is 0 Å². The van der Waals surface area contributed by atoms with Crippen molar-refractivity contribution in [1.29, 1.82) is 0 Å². The largest absolute Gasteiger partial charge is 0.492 e. The van der Waals surface area contributed by atoms with Gasteiger partial charge < -0.3 is 9.84 Å². The highest BCUT2D eigenvalue weighted by atomic mass is 79.9. The van der Waals surface area contributed by atoms with Crippen molar-refractivity contribution in [1.82, 2.24) is 0 Å². The van der Waals surface area contributed by atoms with Gasteiger partial charge in [0, 0.05) is 12.5 Å².